The predicted octanol–water partition coefficient (Wildman–Crippen LogP) is 5.88. The number of carboxylic acid groups (broad SMARTS) is 1. The Morgan fingerprint density at radius 3 is 2.23 bits per heavy atom. The number of benzene rings is 1. The van der Waals surface area contributed by atoms with Crippen LogP contribution in [0.4, 0.5) is 9.80 Å². The summed E-state index contributed by atoms with van der Waals surface area (Å²) in [6.45, 7) is 14.1. The second kappa shape index (κ2) is 12.7. The molecule has 0 saturated carbocycles. The van der Waals surface area contributed by atoms with E-state index in [1.165, 1.54) is 16.2 Å². The minimum Gasteiger partial charge on any atom is -0.465 e. The van der Waals surface area contributed by atoms with Crippen molar-refractivity contribution in [1.29, 1.82) is 0 Å². The summed E-state index contributed by atoms with van der Waals surface area (Å²) >= 11 is 1.35. The zero-order valence-electron chi connectivity index (χ0n) is 24.6. The summed E-state index contributed by atoms with van der Waals surface area (Å²) in [6.07, 6.45) is 2.60. The lowest BCUT2D eigenvalue weighted by Gasteiger charge is -2.42. The van der Waals surface area contributed by atoms with Gasteiger partial charge >= 0.3 is 6.09 Å². The van der Waals surface area contributed by atoms with E-state index < -0.39 is 11.6 Å². The number of carbonyl (C=O) groups excluding carboxylic acids is 2. The Labute approximate surface area is 242 Å². The molecule has 2 aliphatic rings. The summed E-state index contributed by atoms with van der Waals surface area (Å²) in [4.78, 5) is 47.8. The first-order chi connectivity index (χ1) is 19.0. The van der Waals surface area contributed by atoms with E-state index in [0.717, 1.165) is 62.3 Å². The van der Waals surface area contributed by atoms with Crippen LogP contribution >= 0.6 is 11.3 Å². The number of anilines is 1. The number of rotatable bonds is 7. The Bertz CT molecular complexity index is 1180. The van der Waals surface area contributed by atoms with Gasteiger partial charge in [-0.3, -0.25) is 19.4 Å². The number of nitrogens with zero attached hydrogens (tertiary/aromatic N) is 4. The van der Waals surface area contributed by atoms with E-state index in [1.54, 1.807) is 0 Å². The maximum absolute atomic E-state index is 13.9. The largest absolute Gasteiger partial charge is 0.465 e. The summed E-state index contributed by atoms with van der Waals surface area (Å²) < 4.78 is 0. The van der Waals surface area contributed by atoms with Gasteiger partial charge in [0.1, 0.15) is 5.00 Å². The molecule has 218 valence electrons. The molecular weight excluding hydrogens is 524 g/mol. The summed E-state index contributed by atoms with van der Waals surface area (Å²) in [6, 6.07) is 12.0. The third kappa shape index (κ3) is 6.52. The van der Waals surface area contributed by atoms with Crippen molar-refractivity contribution >= 4 is 34.2 Å². The van der Waals surface area contributed by atoms with Crippen LogP contribution in [0.15, 0.2) is 36.4 Å². The predicted molar refractivity (Wildman–Crippen MR) is 161 cm³/mol. The van der Waals surface area contributed by atoms with E-state index in [4.69, 9.17) is 0 Å². The number of hydrogen-bond donors (Lipinski definition) is 1. The summed E-state index contributed by atoms with van der Waals surface area (Å²) in [5.41, 5.74) is 0.701. The number of carbonyl (C=O) groups is 3. The van der Waals surface area contributed by atoms with E-state index in [-0.39, 0.29) is 17.7 Å². The monoisotopic (exact) mass is 568 g/mol. The van der Waals surface area contributed by atoms with Gasteiger partial charge in [-0.1, -0.05) is 30.3 Å². The maximum Gasteiger partial charge on any atom is 0.412 e. The molecule has 1 atom stereocenters. The van der Waals surface area contributed by atoms with Gasteiger partial charge in [-0.05, 0) is 78.5 Å². The second-order valence-corrected chi connectivity index (χ2v) is 12.9. The normalized spacial score (nSPS) is 18.9. The minimum absolute atomic E-state index is 0.0532. The lowest BCUT2D eigenvalue weighted by molar-refractivity contribution is -0.137. The van der Waals surface area contributed by atoms with Crippen molar-refractivity contribution in [1.82, 2.24) is 14.7 Å². The highest BCUT2D eigenvalue weighted by molar-refractivity contribution is 7.20. The number of piperidine rings is 2. The quantitative estimate of drug-likeness (QED) is 0.451. The van der Waals surface area contributed by atoms with Crippen LogP contribution in [-0.4, -0.2) is 88.6 Å². The third-order valence-electron chi connectivity index (χ3n) is 8.21. The van der Waals surface area contributed by atoms with Crippen molar-refractivity contribution in [3.8, 4) is 10.4 Å². The van der Waals surface area contributed by atoms with Crippen LogP contribution in [0.1, 0.15) is 70.7 Å². The van der Waals surface area contributed by atoms with Crippen LogP contribution in [0, 0.1) is 5.92 Å². The highest BCUT2D eigenvalue weighted by Crippen LogP contribution is 2.41. The van der Waals surface area contributed by atoms with Crippen molar-refractivity contribution < 1.29 is 19.5 Å². The molecule has 2 aliphatic heterocycles. The number of likely N-dealkylation sites (tertiary alicyclic amines) is 2. The molecular formula is C31H44N4O4S. The van der Waals surface area contributed by atoms with Crippen LogP contribution < -0.4 is 4.90 Å². The third-order valence-corrected chi connectivity index (χ3v) is 9.38. The molecule has 2 saturated heterocycles. The Balaban J connectivity index is 1.50. The van der Waals surface area contributed by atoms with Gasteiger partial charge in [0, 0.05) is 49.2 Å². The van der Waals surface area contributed by atoms with Crippen LogP contribution in [-0.2, 0) is 4.79 Å². The van der Waals surface area contributed by atoms with Crippen molar-refractivity contribution in [2.45, 2.75) is 71.9 Å². The molecule has 3 amide bonds. The van der Waals surface area contributed by atoms with Crippen molar-refractivity contribution in [2.75, 3.05) is 44.2 Å². The lowest BCUT2D eigenvalue weighted by atomic mass is 9.92. The molecule has 8 nitrogen and oxygen atoms in total. The van der Waals surface area contributed by atoms with Crippen molar-refractivity contribution in [2.24, 2.45) is 5.92 Å². The fourth-order valence-corrected chi connectivity index (χ4v) is 7.40. The van der Waals surface area contributed by atoms with E-state index >= 15 is 0 Å². The van der Waals surface area contributed by atoms with Gasteiger partial charge < -0.3 is 14.9 Å². The molecule has 40 heavy (non-hydrogen) atoms. The SMILES string of the molecule is CCN(CC)C(=O)C1CCCN(C2CCN(C(=O)c3cc(-c4ccccc4)sc3N(C(=O)O)C(C)(C)C)CC2)C1. The molecule has 4 rings (SSSR count). The van der Waals surface area contributed by atoms with Crippen LogP contribution in [0.3, 0.4) is 0 Å². The fourth-order valence-electron chi connectivity index (χ4n) is 6.06. The molecule has 0 aliphatic carbocycles. The van der Waals surface area contributed by atoms with Gasteiger partial charge in [0.25, 0.3) is 5.91 Å². The fraction of sp³-hybridized carbons (Fsp3) is 0.581. The molecule has 1 aromatic heterocycles. The number of hydrogen-bond acceptors (Lipinski definition) is 5. The zero-order valence-corrected chi connectivity index (χ0v) is 25.4. The molecule has 0 spiro atoms. The average Bonchev–Trinajstić information content (AvgIpc) is 3.37. The Morgan fingerprint density at radius 1 is 1.00 bits per heavy atom. The molecule has 2 fully saturated rings. The molecule has 1 unspecified atom stereocenters. The van der Waals surface area contributed by atoms with Crippen LogP contribution in [0.2, 0.25) is 0 Å². The van der Waals surface area contributed by atoms with Gasteiger partial charge in [-0.15, -0.1) is 11.3 Å². The van der Waals surface area contributed by atoms with Gasteiger partial charge in [0.05, 0.1) is 11.5 Å². The summed E-state index contributed by atoms with van der Waals surface area (Å²) in [5.74, 6) is 0.205. The smallest absolute Gasteiger partial charge is 0.412 e. The van der Waals surface area contributed by atoms with E-state index in [9.17, 15) is 19.5 Å². The Kier molecular flexibility index (Phi) is 9.56. The molecule has 2 aromatic rings. The first-order valence-electron chi connectivity index (χ1n) is 14.6. The van der Waals surface area contributed by atoms with Crippen molar-refractivity contribution in [3.63, 3.8) is 0 Å². The standard InChI is InChI=1S/C31H44N4O4S/c1-6-32(7-2)27(36)23-14-11-17-34(21-23)24-15-18-33(19-16-24)28(37)25-20-26(22-12-9-8-10-13-22)40-29(25)35(30(38)39)31(3,4)5/h8-10,12-13,20,23-24H,6-7,11,14-19,21H2,1-5H3,(H,38,39). The highest BCUT2D eigenvalue weighted by Gasteiger charge is 2.37. The van der Waals surface area contributed by atoms with Gasteiger partial charge in [-0.2, -0.15) is 0 Å². The molecule has 9 heteroatoms. The highest BCUT2D eigenvalue weighted by atomic mass is 32.1. The minimum atomic E-state index is -1.07. The van der Waals surface area contributed by atoms with Crippen LogP contribution in [0.5, 0.6) is 0 Å². The lowest BCUT2D eigenvalue weighted by Crippen LogP contribution is -2.52. The second-order valence-electron chi connectivity index (χ2n) is 11.9. The van der Waals surface area contributed by atoms with E-state index in [1.807, 2.05) is 80.8 Å². The number of thiophene rings is 1. The summed E-state index contributed by atoms with van der Waals surface area (Å²) in [7, 11) is 0. The zero-order chi connectivity index (χ0) is 29.0. The first kappa shape index (κ1) is 30.1. The Morgan fingerprint density at radius 2 is 1.65 bits per heavy atom. The maximum atomic E-state index is 13.9. The van der Waals surface area contributed by atoms with E-state index in [0.29, 0.717) is 29.7 Å². The summed E-state index contributed by atoms with van der Waals surface area (Å²) in [5, 5.41) is 10.6. The molecule has 1 aromatic carbocycles. The van der Waals surface area contributed by atoms with Gasteiger partial charge in [-0.25, -0.2) is 4.79 Å². The average molecular weight is 569 g/mol. The Hall–Kier alpha value is -2.91. The topological polar surface area (TPSA) is 84.4 Å². The van der Waals surface area contributed by atoms with Gasteiger partial charge in [0.15, 0.2) is 0 Å². The van der Waals surface area contributed by atoms with E-state index in [2.05, 4.69) is 4.90 Å². The molecule has 0 bridgehead atoms. The first-order valence-corrected chi connectivity index (χ1v) is 15.4. The van der Waals surface area contributed by atoms with Crippen molar-refractivity contribution in [3.05, 3.63) is 42.0 Å². The van der Waals surface area contributed by atoms with Gasteiger partial charge in [0.2, 0.25) is 5.91 Å². The molecule has 3 heterocycles. The molecule has 1 N–H and O–H groups in total. The number of amides is 3. The van der Waals surface area contributed by atoms with Crippen LogP contribution in [0.25, 0.3) is 10.4 Å². The molecule has 0 radical (unpaired) electrons.